The lowest BCUT2D eigenvalue weighted by Gasteiger charge is -2.35. The van der Waals surface area contributed by atoms with Gasteiger partial charge in [-0.2, -0.15) is 11.8 Å². The standard InChI is InChI=1S/C31H49N7O9S/c32-26(33)3-1-14-48-22-27(39)34-25-6-4-23(5-7-25)15-24-16-37(20-30(44)45)12-10-35(18-28(40)41)8-2-9-36(19-29(42)43)11-13-38(17-24)21-31(46)47/h4-7,24H,1-3,8-22H2,(H3,32,33)(H,34,39)(H,40,41)(H,42,43)(H,44,45)(H,46,47)/p-4. The molecule has 4 N–H and O–H groups in total. The number of amides is 1. The highest BCUT2D eigenvalue weighted by atomic mass is 32.2. The van der Waals surface area contributed by atoms with Crippen molar-refractivity contribution >= 4 is 53.1 Å². The predicted molar refractivity (Wildman–Crippen MR) is 171 cm³/mol. The zero-order valence-corrected chi connectivity index (χ0v) is 27.9. The van der Waals surface area contributed by atoms with E-state index in [1.54, 1.807) is 31.7 Å². The monoisotopic (exact) mass is 691 g/mol. The summed E-state index contributed by atoms with van der Waals surface area (Å²) in [5, 5.41) is 56.2. The molecule has 1 aromatic carbocycles. The highest BCUT2D eigenvalue weighted by Crippen LogP contribution is 2.17. The number of hydrogen-bond donors (Lipinski definition) is 3. The van der Waals surface area contributed by atoms with Crippen LogP contribution in [0.25, 0.3) is 0 Å². The second-order valence-electron chi connectivity index (χ2n) is 11.9. The van der Waals surface area contributed by atoms with Crippen molar-refractivity contribution in [2.75, 3.05) is 95.4 Å². The number of rotatable bonds is 17. The van der Waals surface area contributed by atoms with Gasteiger partial charge in [-0.25, -0.2) is 0 Å². The van der Waals surface area contributed by atoms with E-state index in [-0.39, 0.29) is 88.9 Å². The molecule has 17 heteroatoms. The largest absolute Gasteiger partial charge is 0.549 e. The number of anilines is 1. The third-order valence-electron chi connectivity index (χ3n) is 7.59. The summed E-state index contributed by atoms with van der Waals surface area (Å²) < 4.78 is 0. The maximum atomic E-state index is 12.4. The molecule has 1 amide bonds. The summed E-state index contributed by atoms with van der Waals surface area (Å²) in [6.45, 7) is 0.110. The number of hydrogen-bond acceptors (Lipinski definition) is 15. The number of thioether (sulfide) groups is 1. The molecule has 0 spiro atoms. The Morgan fingerprint density at radius 1 is 0.750 bits per heavy atom. The second-order valence-corrected chi connectivity index (χ2v) is 13.0. The van der Waals surface area contributed by atoms with E-state index < -0.39 is 37.0 Å². The fourth-order valence-corrected chi connectivity index (χ4v) is 6.28. The van der Waals surface area contributed by atoms with Gasteiger partial charge in [-0.1, -0.05) is 12.1 Å². The Hall–Kier alpha value is -3.77. The van der Waals surface area contributed by atoms with Crippen LogP contribution in [0.1, 0.15) is 24.8 Å². The van der Waals surface area contributed by atoms with Crippen LogP contribution in [0, 0.1) is 11.3 Å². The quantitative estimate of drug-likeness (QED) is 0.0785. The van der Waals surface area contributed by atoms with Crippen molar-refractivity contribution in [3.05, 3.63) is 29.8 Å². The molecule has 1 fully saturated rings. The number of carboxylic acid groups (broad SMARTS) is 4. The fraction of sp³-hybridized carbons (Fsp3) is 0.613. The minimum Gasteiger partial charge on any atom is -0.549 e. The van der Waals surface area contributed by atoms with Crippen molar-refractivity contribution in [2.24, 2.45) is 11.7 Å². The van der Waals surface area contributed by atoms with Crippen LogP contribution in [-0.4, -0.2) is 145 Å². The number of amidine groups is 1. The molecule has 1 heterocycles. The molecular weight excluding hydrogens is 646 g/mol. The average molecular weight is 692 g/mol. The number of benzene rings is 1. The smallest absolute Gasteiger partial charge is 0.234 e. The molecule has 1 saturated heterocycles. The molecule has 0 radical (unpaired) electrons. The van der Waals surface area contributed by atoms with Gasteiger partial charge in [0, 0.05) is 77.6 Å². The number of carboxylic acids is 4. The van der Waals surface area contributed by atoms with Crippen molar-refractivity contribution in [3.8, 4) is 0 Å². The molecule has 1 aliphatic heterocycles. The average Bonchev–Trinajstić information content (AvgIpc) is 2.97. The summed E-state index contributed by atoms with van der Waals surface area (Å²) in [4.78, 5) is 65.0. The summed E-state index contributed by atoms with van der Waals surface area (Å²) in [5.41, 5.74) is 6.77. The van der Waals surface area contributed by atoms with Crippen LogP contribution in [0.2, 0.25) is 0 Å². The number of nitrogens with two attached hydrogens (primary N) is 1. The van der Waals surface area contributed by atoms with Gasteiger partial charge in [0.25, 0.3) is 0 Å². The van der Waals surface area contributed by atoms with E-state index in [9.17, 15) is 44.4 Å². The van der Waals surface area contributed by atoms with Gasteiger partial charge in [0.1, 0.15) is 0 Å². The second kappa shape index (κ2) is 22.0. The van der Waals surface area contributed by atoms with Gasteiger partial charge >= 0.3 is 0 Å². The minimum absolute atomic E-state index is 0.112. The topological polar surface area (TPSA) is 252 Å². The van der Waals surface area contributed by atoms with Crippen LogP contribution in [0.4, 0.5) is 5.69 Å². The van der Waals surface area contributed by atoms with Crippen LogP contribution < -0.4 is 31.5 Å². The molecule has 0 aliphatic carbocycles. The lowest BCUT2D eigenvalue weighted by Crippen LogP contribution is -2.50. The van der Waals surface area contributed by atoms with E-state index in [4.69, 9.17) is 11.1 Å². The van der Waals surface area contributed by atoms with Gasteiger partial charge in [-0.3, -0.25) is 29.8 Å². The van der Waals surface area contributed by atoms with Crippen LogP contribution >= 0.6 is 11.8 Å². The molecule has 0 saturated carbocycles. The number of nitrogens with zero attached hydrogens (tertiary/aromatic N) is 4. The zero-order chi connectivity index (χ0) is 35.5. The Bertz CT molecular complexity index is 1170. The maximum Gasteiger partial charge on any atom is 0.234 e. The first-order chi connectivity index (χ1) is 22.8. The molecule has 268 valence electrons. The molecule has 0 atom stereocenters. The molecule has 48 heavy (non-hydrogen) atoms. The van der Waals surface area contributed by atoms with Crippen molar-refractivity contribution in [2.45, 2.75) is 25.7 Å². The molecule has 16 nitrogen and oxygen atoms in total. The van der Waals surface area contributed by atoms with Gasteiger partial charge < -0.3 is 50.7 Å². The molecule has 1 aromatic rings. The minimum atomic E-state index is -1.32. The SMILES string of the molecule is N=C(N)CCCSCC(=O)Nc1ccc(CC2CN(CC(=O)[O-])CCN(CC(=O)[O-])CCCN(CC(=O)[O-])CCN(CC(=O)[O-])C2)cc1. The van der Waals surface area contributed by atoms with Crippen LogP contribution in [0.15, 0.2) is 24.3 Å². The van der Waals surface area contributed by atoms with Gasteiger partial charge in [0.05, 0.1) is 35.5 Å². The molecule has 0 unspecified atom stereocenters. The van der Waals surface area contributed by atoms with Crippen molar-refractivity contribution in [1.82, 2.24) is 19.6 Å². The van der Waals surface area contributed by atoms with Crippen molar-refractivity contribution in [1.29, 1.82) is 5.41 Å². The Balaban J connectivity index is 2.24. The lowest BCUT2D eigenvalue weighted by molar-refractivity contribution is -0.308. The van der Waals surface area contributed by atoms with E-state index in [0.717, 1.165) is 5.56 Å². The summed E-state index contributed by atoms with van der Waals surface area (Å²) in [6.07, 6.45) is 1.99. The van der Waals surface area contributed by atoms with Gasteiger partial charge in [0.2, 0.25) is 5.91 Å². The Morgan fingerprint density at radius 2 is 1.21 bits per heavy atom. The lowest BCUT2D eigenvalue weighted by atomic mass is 9.97. The first kappa shape index (κ1) is 40.4. The highest BCUT2D eigenvalue weighted by molar-refractivity contribution is 7.99. The Morgan fingerprint density at radius 3 is 1.67 bits per heavy atom. The normalized spacial score (nSPS) is 16.9. The maximum absolute atomic E-state index is 12.4. The van der Waals surface area contributed by atoms with Crippen LogP contribution in [-0.2, 0) is 30.4 Å². The van der Waals surface area contributed by atoms with E-state index in [1.807, 2.05) is 12.1 Å². The Labute approximate surface area is 284 Å². The number of aliphatic carboxylic acids is 4. The van der Waals surface area contributed by atoms with E-state index in [0.29, 0.717) is 37.1 Å². The number of nitrogens with one attached hydrogen (secondary N) is 2. The summed E-state index contributed by atoms with van der Waals surface area (Å²) in [5.74, 6) is -4.68. The summed E-state index contributed by atoms with van der Waals surface area (Å²) in [6, 6.07) is 7.11. The van der Waals surface area contributed by atoms with E-state index in [2.05, 4.69) is 5.32 Å². The molecule has 1 aliphatic rings. The third kappa shape index (κ3) is 18.5. The fourth-order valence-electron chi connectivity index (χ4n) is 5.52. The van der Waals surface area contributed by atoms with Crippen molar-refractivity contribution < 1.29 is 44.4 Å². The zero-order valence-electron chi connectivity index (χ0n) is 27.1. The molecule has 2 rings (SSSR count). The summed E-state index contributed by atoms with van der Waals surface area (Å²) >= 11 is 1.44. The summed E-state index contributed by atoms with van der Waals surface area (Å²) in [7, 11) is 0. The molecule has 0 bridgehead atoms. The predicted octanol–water partition coefficient (Wildman–Crippen LogP) is -5.16. The van der Waals surface area contributed by atoms with E-state index >= 15 is 0 Å². The van der Waals surface area contributed by atoms with Gasteiger partial charge in [0.15, 0.2) is 0 Å². The van der Waals surface area contributed by atoms with Gasteiger partial charge in [-0.15, -0.1) is 0 Å². The van der Waals surface area contributed by atoms with E-state index in [1.165, 1.54) is 11.8 Å². The van der Waals surface area contributed by atoms with Gasteiger partial charge in [-0.05, 0) is 61.7 Å². The first-order valence-electron chi connectivity index (χ1n) is 15.8. The van der Waals surface area contributed by atoms with Crippen LogP contribution in [0.5, 0.6) is 0 Å². The van der Waals surface area contributed by atoms with Crippen LogP contribution in [0.3, 0.4) is 0 Å². The Kier molecular flexibility index (Phi) is 18.5. The first-order valence-corrected chi connectivity index (χ1v) is 16.9. The third-order valence-corrected chi connectivity index (χ3v) is 8.63. The highest BCUT2D eigenvalue weighted by Gasteiger charge is 2.22. The number of carbonyl (C=O) groups excluding carboxylic acids is 5. The van der Waals surface area contributed by atoms with Crippen molar-refractivity contribution in [3.63, 3.8) is 0 Å². The molecular formula is C31H45N7O9S-4. The molecule has 0 aromatic heterocycles. The number of carbonyl (C=O) groups is 5.